The number of thiophene rings is 1. The van der Waals surface area contributed by atoms with Gasteiger partial charge in [0.2, 0.25) is 0 Å². The Morgan fingerprint density at radius 1 is 1.56 bits per heavy atom. The quantitative estimate of drug-likeness (QED) is 0.558. The number of carbonyl (C=O) groups excluding carboxylic acids is 1. The molecule has 5 heteroatoms. The molecule has 0 bridgehead atoms. The third-order valence-corrected chi connectivity index (χ3v) is 3.42. The fraction of sp³-hybridized carbons (Fsp3) is 0.545. The van der Waals surface area contributed by atoms with Gasteiger partial charge in [0.15, 0.2) is 5.78 Å². The molecule has 0 saturated heterocycles. The highest BCUT2D eigenvalue weighted by molar-refractivity contribution is 7.18. The molecular weight excluding hydrogens is 246 g/mol. The molecule has 1 aromatic heterocycles. The van der Waals surface area contributed by atoms with Crippen LogP contribution < -0.4 is 0 Å². The molecular formula is C11H16ClNO2S. The first-order valence-electron chi connectivity index (χ1n) is 5.09. The molecule has 16 heavy (non-hydrogen) atoms. The van der Waals surface area contributed by atoms with Gasteiger partial charge in [-0.15, -0.1) is 11.3 Å². The molecule has 0 radical (unpaired) electrons. The van der Waals surface area contributed by atoms with Gasteiger partial charge in [0.25, 0.3) is 0 Å². The molecule has 0 aromatic carbocycles. The number of likely N-dealkylation sites (N-methyl/N-ethyl adjacent to an activating group) is 1. The number of carbonyl (C=O) groups is 1. The molecule has 0 saturated carbocycles. The van der Waals surface area contributed by atoms with E-state index in [1.807, 2.05) is 11.9 Å². The van der Waals surface area contributed by atoms with Crippen molar-refractivity contribution in [2.75, 3.05) is 33.9 Å². The van der Waals surface area contributed by atoms with Crippen LogP contribution in [0.1, 0.15) is 16.1 Å². The van der Waals surface area contributed by atoms with Crippen LogP contribution in [0.15, 0.2) is 12.1 Å². The van der Waals surface area contributed by atoms with Crippen LogP contribution in [0.5, 0.6) is 0 Å². The summed E-state index contributed by atoms with van der Waals surface area (Å²) >= 11 is 7.11. The monoisotopic (exact) mass is 261 g/mol. The SMILES string of the molecule is COCCCN(C)CC(=O)c1ccc(Cl)s1. The largest absolute Gasteiger partial charge is 0.385 e. The molecule has 3 nitrogen and oxygen atoms in total. The van der Waals surface area contributed by atoms with E-state index in [-0.39, 0.29) is 5.78 Å². The van der Waals surface area contributed by atoms with E-state index in [9.17, 15) is 4.79 Å². The molecule has 1 heterocycles. The summed E-state index contributed by atoms with van der Waals surface area (Å²) in [6, 6.07) is 3.53. The van der Waals surface area contributed by atoms with Crippen molar-refractivity contribution in [2.45, 2.75) is 6.42 Å². The highest BCUT2D eigenvalue weighted by Gasteiger charge is 2.11. The molecule has 0 N–H and O–H groups in total. The fourth-order valence-electron chi connectivity index (χ4n) is 1.35. The maximum atomic E-state index is 11.8. The second-order valence-corrected chi connectivity index (χ2v) is 5.33. The minimum absolute atomic E-state index is 0.122. The zero-order chi connectivity index (χ0) is 12.0. The average molecular weight is 262 g/mol. The van der Waals surface area contributed by atoms with Gasteiger partial charge < -0.3 is 4.74 Å². The van der Waals surface area contributed by atoms with E-state index in [0.717, 1.165) is 24.4 Å². The number of ketones is 1. The maximum Gasteiger partial charge on any atom is 0.186 e. The van der Waals surface area contributed by atoms with Gasteiger partial charge in [0.05, 0.1) is 15.8 Å². The third-order valence-electron chi connectivity index (χ3n) is 2.15. The molecule has 0 atom stereocenters. The van der Waals surface area contributed by atoms with E-state index in [0.29, 0.717) is 10.9 Å². The Balaban J connectivity index is 2.33. The Kier molecular flexibility index (Phi) is 5.98. The van der Waals surface area contributed by atoms with Crippen LogP contribution in [0.3, 0.4) is 0 Å². The van der Waals surface area contributed by atoms with E-state index in [1.54, 1.807) is 19.2 Å². The second kappa shape index (κ2) is 7.01. The first-order chi connectivity index (χ1) is 7.63. The van der Waals surface area contributed by atoms with E-state index in [1.165, 1.54) is 11.3 Å². The van der Waals surface area contributed by atoms with Crippen molar-refractivity contribution in [2.24, 2.45) is 0 Å². The lowest BCUT2D eigenvalue weighted by atomic mass is 10.3. The molecule has 1 aromatic rings. The van der Waals surface area contributed by atoms with Crippen LogP contribution in [0.2, 0.25) is 4.34 Å². The smallest absolute Gasteiger partial charge is 0.186 e. The van der Waals surface area contributed by atoms with Crippen molar-refractivity contribution in [3.63, 3.8) is 0 Å². The predicted octanol–water partition coefficient (Wildman–Crippen LogP) is 2.55. The summed E-state index contributed by atoms with van der Waals surface area (Å²) in [4.78, 5) is 14.5. The number of hydrogen-bond donors (Lipinski definition) is 0. The Hall–Kier alpha value is -0.420. The van der Waals surface area contributed by atoms with Crippen LogP contribution in [-0.2, 0) is 4.74 Å². The molecule has 0 unspecified atom stereocenters. The number of rotatable bonds is 7. The van der Waals surface area contributed by atoms with Gasteiger partial charge in [-0.2, -0.15) is 0 Å². The molecule has 90 valence electrons. The standard InChI is InChI=1S/C11H16ClNO2S/c1-13(6-3-7-15-2)8-9(14)10-4-5-11(12)16-10/h4-5H,3,6-8H2,1-2H3. The van der Waals surface area contributed by atoms with Gasteiger partial charge in [0, 0.05) is 20.3 Å². The van der Waals surface area contributed by atoms with E-state index >= 15 is 0 Å². The summed E-state index contributed by atoms with van der Waals surface area (Å²) in [6.45, 7) is 2.02. The highest BCUT2D eigenvalue weighted by Crippen LogP contribution is 2.21. The molecule has 0 aliphatic carbocycles. The van der Waals surface area contributed by atoms with Gasteiger partial charge in [-0.25, -0.2) is 0 Å². The number of ether oxygens (including phenoxy) is 1. The van der Waals surface area contributed by atoms with Gasteiger partial charge in [-0.3, -0.25) is 9.69 Å². The first-order valence-corrected chi connectivity index (χ1v) is 6.29. The summed E-state index contributed by atoms with van der Waals surface area (Å²) in [7, 11) is 3.61. The highest BCUT2D eigenvalue weighted by atomic mass is 35.5. The van der Waals surface area contributed by atoms with Crippen molar-refractivity contribution >= 4 is 28.7 Å². The minimum Gasteiger partial charge on any atom is -0.385 e. The Bertz CT molecular complexity index is 340. The van der Waals surface area contributed by atoms with Gasteiger partial charge in [-0.1, -0.05) is 11.6 Å². The zero-order valence-corrected chi connectivity index (χ0v) is 11.1. The van der Waals surface area contributed by atoms with Gasteiger partial charge in [-0.05, 0) is 25.6 Å². The lowest BCUT2D eigenvalue weighted by Gasteiger charge is -2.14. The third kappa shape index (κ3) is 4.61. The van der Waals surface area contributed by atoms with Gasteiger partial charge in [0.1, 0.15) is 0 Å². The number of nitrogens with zero attached hydrogens (tertiary/aromatic N) is 1. The molecule has 0 amide bonds. The summed E-state index contributed by atoms with van der Waals surface area (Å²) in [5.74, 6) is 0.122. The van der Waals surface area contributed by atoms with Crippen molar-refractivity contribution in [1.29, 1.82) is 0 Å². The second-order valence-electron chi connectivity index (χ2n) is 3.61. The predicted molar refractivity (Wildman–Crippen MR) is 67.6 cm³/mol. The number of Topliss-reactive ketones (excluding diaryl/α,β-unsaturated/α-hetero) is 1. The Morgan fingerprint density at radius 3 is 2.88 bits per heavy atom. The first kappa shape index (κ1) is 13.6. The molecule has 0 spiro atoms. The molecule has 0 aliphatic heterocycles. The topological polar surface area (TPSA) is 29.5 Å². The summed E-state index contributed by atoms with van der Waals surface area (Å²) in [6.07, 6.45) is 0.936. The van der Waals surface area contributed by atoms with Crippen molar-refractivity contribution in [3.05, 3.63) is 21.3 Å². The number of hydrogen-bond acceptors (Lipinski definition) is 4. The summed E-state index contributed by atoms with van der Waals surface area (Å²) in [5.41, 5.74) is 0. The van der Waals surface area contributed by atoms with Crippen LogP contribution in [0.4, 0.5) is 0 Å². The minimum atomic E-state index is 0.122. The zero-order valence-electron chi connectivity index (χ0n) is 9.53. The lowest BCUT2D eigenvalue weighted by Crippen LogP contribution is -2.27. The van der Waals surface area contributed by atoms with Crippen molar-refractivity contribution < 1.29 is 9.53 Å². The number of halogens is 1. The van der Waals surface area contributed by atoms with Crippen molar-refractivity contribution in [3.8, 4) is 0 Å². The Morgan fingerprint density at radius 2 is 2.31 bits per heavy atom. The Labute approximate surface area is 105 Å². The molecule has 0 fully saturated rings. The molecule has 0 aliphatic rings. The van der Waals surface area contributed by atoms with Crippen LogP contribution in [0, 0.1) is 0 Å². The maximum absolute atomic E-state index is 11.8. The fourth-order valence-corrected chi connectivity index (χ4v) is 2.32. The average Bonchev–Trinajstić information content (AvgIpc) is 2.65. The van der Waals surface area contributed by atoms with Gasteiger partial charge >= 0.3 is 0 Å². The molecule has 1 rings (SSSR count). The number of methoxy groups -OCH3 is 1. The van der Waals surface area contributed by atoms with Crippen LogP contribution in [0.25, 0.3) is 0 Å². The summed E-state index contributed by atoms with van der Waals surface area (Å²) in [5, 5.41) is 0. The van der Waals surface area contributed by atoms with E-state index in [2.05, 4.69) is 0 Å². The normalized spacial score (nSPS) is 11.0. The summed E-state index contributed by atoms with van der Waals surface area (Å²) < 4.78 is 5.62. The van der Waals surface area contributed by atoms with E-state index < -0.39 is 0 Å². The van der Waals surface area contributed by atoms with Crippen LogP contribution >= 0.6 is 22.9 Å². The van der Waals surface area contributed by atoms with E-state index in [4.69, 9.17) is 16.3 Å². The lowest BCUT2D eigenvalue weighted by molar-refractivity contribution is 0.0942. The van der Waals surface area contributed by atoms with Crippen LogP contribution in [-0.4, -0.2) is 44.5 Å². The van der Waals surface area contributed by atoms with Crippen molar-refractivity contribution in [1.82, 2.24) is 4.90 Å².